The molecule has 1 N–H and O–H groups in total. The van der Waals surface area contributed by atoms with Gasteiger partial charge in [-0.1, -0.05) is 36.4 Å². The van der Waals surface area contributed by atoms with Gasteiger partial charge < -0.3 is 14.4 Å². The van der Waals surface area contributed by atoms with E-state index in [4.69, 9.17) is 14.0 Å². The summed E-state index contributed by atoms with van der Waals surface area (Å²) >= 11 is 0. The maximum Gasteiger partial charge on any atom is 0.272 e. The molecule has 36 heavy (non-hydrogen) atoms. The van der Waals surface area contributed by atoms with Crippen LogP contribution in [0.3, 0.4) is 0 Å². The molecule has 3 aromatic rings. The molecule has 2 aliphatic rings. The van der Waals surface area contributed by atoms with Gasteiger partial charge in [0.15, 0.2) is 11.5 Å². The zero-order valence-corrected chi connectivity index (χ0v) is 21.1. The molecule has 2 fully saturated rings. The number of hydrogen-bond donors (Lipinski definition) is 1. The van der Waals surface area contributed by atoms with Crippen molar-refractivity contribution in [1.82, 2.24) is 9.88 Å². The number of carbonyl (C=O) groups excluding carboxylic acids is 1. The van der Waals surface area contributed by atoms with E-state index >= 15 is 0 Å². The molecule has 1 amide bonds. The number of likely N-dealkylation sites (tertiary alicyclic amines) is 1. The van der Waals surface area contributed by atoms with Crippen LogP contribution in [0.25, 0.3) is 0 Å². The summed E-state index contributed by atoms with van der Waals surface area (Å²) in [5.41, 5.74) is 4.23. The minimum atomic E-state index is -3.67. The molecule has 8 nitrogen and oxygen atoms in total. The second-order valence-electron chi connectivity index (χ2n) is 9.07. The van der Waals surface area contributed by atoms with E-state index in [1.54, 1.807) is 19.4 Å². The van der Waals surface area contributed by atoms with Crippen LogP contribution in [0.2, 0.25) is 0 Å². The fraction of sp³-hybridized carbons (Fsp3) is 0.333. The summed E-state index contributed by atoms with van der Waals surface area (Å²) in [6.07, 6.45) is 4.99. The fourth-order valence-electron chi connectivity index (χ4n) is 4.03. The van der Waals surface area contributed by atoms with Crippen molar-refractivity contribution in [2.75, 3.05) is 26.5 Å². The van der Waals surface area contributed by atoms with Crippen molar-refractivity contribution < 1.29 is 27.2 Å². The number of aromatic nitrogens is 1. The molecule has 5 rings (SSSR count). The van der Waals surface area contributed by atoms with Gasteiger partial charge in [-0.05, 0) is 59.7 Å². The molecule has 1 saturated carbocycles. The van der Waals surface area contributed by atoms with Gasteiger partial charge >= 0.3 is 0 Å². The highest BCUT2D eigenvalue weighted by Gasteiger charge is 2.33. The lowest BCUT2D eigenvalue weighted by molar-refractivity contribution is 0.0596. The second kappa shape index (κ2) is 11.1. The normalized spacial score (nSPS) is 15.4. The van der Waals surface area contributed by atoms with Crippen LogP contribution in [0.1, 0.15) is 51.9 Å². The van der Waals surface area contributed by atoms with E-state index in [0.29, 0.717) is 37.6 Å². The first-order valence-corrected chi connectivity index (χ1v) is 13.6. The summed E-state index contributed by atoms with van der Waals surface area (Å²) in [4.78, 5) is 18.5. The highest BCUT2D eigenvalue weighted by atomic mass is 32.2. The van der Waals surface area contributed by atoms with Gasteiger partial charge in [0, 0.05) is 25.2 Å². The first-order valence-electron chi connectivity index (χ1n) is 11.7. The number of nitrogens with zero attached hydrogens (tertiary/aromatic N) is 2. The summed E-state index contributed by atoms with van der Waals surface area (Å²) in [6.45, 7) is 1.88. The molecule has 2 heterocycles. The number of pyridine rings is 1. The molecule has 2 aromatic carbocycles. The number of hydrogen-bond acceptors (Lipinski definition) is 6. The van der Waals surface area contributed by atoms with E-state index in [1.807, 2.05) is 29.2 Å². The van der Waals surface area contributed by atoms with Gasteiger partial charge in [-0.25, -0.2) is 0 Å². The van der Waals surface area contributed by atoms with Crippen LogP contribution in [0, 0.1) is 0 Å². The predicted molar refractivity (Wildman–Crippen MR) is 136 cm³/mol. The number of methoxy groups -OCH3 is 1. The average Bonchev–Trinajstić information content (AvgIpc) is 3.67. The summed E-state index contributed by atoms with van der Waals surface area (Å²) in [5, 5.41) is 0. The van der Waals surface area contributed by atoms with Crippen molar-refractivity contribution in [2.45, 2.75) is 31.3 Å². The Hall–Kier alpha value is -3.43. The quantitative estimate of drug-likeness (QED) is 0.473. The maximum atomic E-state index is 12.5. The SMILES string of the molecule is COc1cc(C2CN(C(=O)c3ccccn3)C2)ccc1OCc1ccc(C2CC2)cc1.CS(=O)(=O)O. The molecule has 9 heteroatoms. The third-order valence-electron chi connectivity index (χ3n) is 6.13. The molecule has 1 saturated heterocycles. The molecular formula is C27H30N2O6S. The smallest absolute Gasteiger partial charge is 0.272 e. The van der Waals surface area contributed by atoms with Crippen LogP contribution >= 0.6 is 0 Å². The van der Waals surface area contributed by atoms with Crippen LogP contribution in [-0.4, -0.2) is 55.2 Å². The lowest BCUT2D eigenvalue weighted by Gasteiger charge is -2.39. The Kier molecular flexibility index (Phi) is 7.91. The molecule has 0 radical (unpaired) electrons. The van der Waals surface area contributed by atoms with Crippen molar-refractivity contribution in [2.24, 2.45) is 0 Å². The standard InChI is InChI=1S/C26H26N2O3.CH4O3S/c1-30-25-14-21(22-15-28(16-22)26(29)23-4-2-3-13-27-23)11-12-24(25)31-17-18-5-7-19(8-6-18)20-9-10-20;1-5(2,3)4/h2-8,11-14,20,22H,9-10,15-17H2,1H3;1H3,(H,2,3,4). The Morgan fingerprint density at radius 3 is 2.25 bits per heavy atom. The van der Waals surface area contributed by atoms with Crippen LogP contribution < -0.4 is 9.47 Å². The van der Waals surface area contributed by atoms with Gasteiger partial charge in [-0.15, -0.1) is 0 Å². The lowest BCUT2D eigenvalue weighted by atomic mass is 9.91. The van der Waals surface area contributed by atoms with Crippen LogP contribution in [0.4, 0.5) is 0 Å². The van der Waals surface area contributed by atoms with Gasteiger partial charge in [-0.2, -0.15) is 8.42 Å². The number of benzene rings is 2. The zero-order valence-electron chi connectivity index (χ0n) is 20.3. The summed E-state index contributed by atoms with van der Waals surface area (Å²) in [7, 11) is -2.01. The van der Waals surface area contributed by atoms with Crippen LogP contribution in [0.5, 0.6) is 11.5 Å². The van der Waals surface area contributed by atoms with Gasteiger partial charge in [0.05, 0.1) is 13.4 Å². The van der Waals surface area contributed by atoms with Gasteiger partial charge in [0.1, 0.15) is 12.3 Å². The van der Waals surface area contributed by atoms with E-state index in [2.05, 4.69) is 35.3 Å². The second-order valence-corrected chi connectivity index (χ2v) is 10.5. The zero-order chi connectivity index (χ0) is 25.7. The molecule has 1 aliphatic carbocycles. The number of amides is 1. The maximum absolute atomic E-state index is 12.5. The molecule has 0 bridgehead atoms. The molecule has 1 aromatic heterocycles. The van der Waals surface area contributed by atoms with E-state index in [-0.39, 0.29) is 5.91 Å². The monoisotopic (exact) mass is 510 g/mol. The summed E-state index contributed by atoms with van der Waals surface area (Å²) < 4.78 is 37.5. The minimum Gasteiger partial charge on any atom is -0.493 e. The van der Waals surface area contributed by atoms with Gasteiger partial charge in [0.25, 0.3) is 16.0 Å². The first kappa shape index (κ1) is 25.7. The topological polar surface area (TPSA) is 106 Å². The van der Waals surface area contributed by atoms with E-state index in [9.17, 15) is 13.2 Å². The van der Waals surface area contributed by atoms with Crippen LogP contribution in [-0.2, 0) is 16.7 Å². The highest BCUT2D eigenvalue weighted by molar-refractivity contribution is 7.85. The van der Waals surface area contributed by atoms with E-state index in [1.165, 1.54) is 18.4 Å². The Balaban J connectivity index is 0.000000556. The molecule has 0 atom stereocenters. The molecule has 1 aliphatic heterocycles. The highest BCUT2D eigenvalue weighted by Crippen LogP contribution is 2.40. The van der Waals surface area contributed by atoms with Crippen molar-refractivity contribution in [3.05, 3.63) is 89.2 Å². The molecule has 190 valence electrons. The molecule has 0 unspecified atom stereocenters. The third kappa shape index (κ3) is 7.05. The Bertz CT molecular complexity index is 1280. The third-order valence-corrected chi connectivity index (χ3v) is 6.13. The van der Waals surface area contributed by atoms with Crippen molar-refractivity contribution in [1.29, 1.82) is 0 Å². The van der Waals surface area contributed by atoms with Crippen molar-refractivity contribution >= 4 is 16.0 Å². The summed E-state index contributed by atoms with van der Waals surface area (Å²) in [6, 6.07) is 20.2. The first-order chi connectivity index (χ1) is 17.2. The Morgan fingerprint density at radius 2 is 1.67 bits per heavy atom. The van der Waals surface area contributed by atoms with Gasteiger partial charge in [-0.3, -0.25) is 14.3 Å². The van der Waals surface area contributed by atoms with E-state index < -0.39 is 10.1 Å². The lowest BCUT2D eigenvalue weighted by Crippen LogP contribution is -2.48. The predicted octanol–water partition coefficient (Wildman–Crippen LogP) is 4.29. The van der Waals surface area contributed by atoms with Crippen molar-refractivity contribution in [3.63, 3.8) is 0 Å². The van der Waals surface area contributed by atoms with Crippen molar-refractivity contribution in [3.8, 4) is 11.5 Å². The number of ether oxygens (including phenoxy) is 2. The Morgan fingerprint density at radius 1 is 1.00 bits per heavy atom. The average molecular weight is 511 g/mol. The summed E-state index contributed by atoms with van der Waals surface area (Å²) in [5.74, 6) is 2.51. The van der Waals surface area contributed by atoms with E-state index in [0.717, 1.165) is 28.5 Å². The fourth-order valence-corrected chi connectivity index (χ4v) is 4.03. The Labute approximate surface area is 211 Å². The minimum absolute atomic E-state index is 0.0172. The largest absolute Gasteiger partial charge is 0.493 e. The molecular weight excluding hydrogens is 480 g/mol. The number of rotatable bonds is 7. The van der Waals surface area contributed by atoms with Gasteiger partial charge in [0.2, 0.25) is 0 Å². The van der Waals surface area contributed by atoms with Crippen LogP contribution in [0.15, 0.2) is 66.9 Å². The molecule has 0 spiro atoms. The number of carbonyl (C=O) groups is 1.